The first-order valence-electron chi connectivity index (χ1n) is 6.92. The lowest BCUT2D eigenvalue weighted by atomic mass is 10.1. The molecule has 0 radical (unpaired) electrons. The Balaban J connectivity index is 2.08. The summed E-state index contributed by atoms with van der Waals surface area (Å²) < 4.78 is 10.7. The summed E-state index contributed by atoms with van der Waals surface area (Å²) in [5, 5.41) is 0. The minimum absolute atomic E-state index is 0.0222. The highest BCUT2D eigenvalue weighted by Gasteiger charge is 2.08. The van der Waals surface area contributed by atoms with Gasteiger partial charge in [0.2, 0.25) is 0 Å². The molecular formula is C18H20O3. The van der Waals surface area contributed by atoms with Crippen LogP contribution in [0.3, 0.4) is 0 Å². The van der Waals surface area contributed by atoms with Crippen LogP contribution in [0.4, 0.5) is 0 Å². The highest BCUT2D eigenvalue weighted by molar-refractivity contribution is 5.97. The number of carbonyl (C=O) groups is 1. The van der Waals surface area contributed by atoms with Gasteiger partial charge in [0.25, 0.3) is 0 Å². The van der Waals surface area contributed by atoms with E-state index in [2.05, 4.69) is 19.1 Å². The molecule has 110 valence electrons. The molecule has 0 atom stereocenters. The number of benzene rings is 2. The third-order valence-corrected chi connectivity index (χ3v) is 3.42. The molecule has 0 spiro atoms. The van der Waals surface area contributed by atoms with E-state index in [1.165, 1.54) is 12.7 Å². The number of Topliss-reactive ketones (excluding diaryl/α,β-unsaturated/α-hetero) is 1. The molecule has 0 aliphatic rings. The van der Waals surface area contributed by atoms with Crippen molar-refractivity contribution < 1.29 is 14.3 Å². The number of ketones is 1. The molecule has 0 amide bonds. The van der Waals surface area contributed by atoms with E-state index in [0.29, 0.717) is 12.2 Å². The Bertz CT molecular complexity index is 632. The molecule has 3 nitrogen and oxygen atoms in total. The monoisotopic (exact) mass is 284 g/mol. The highest BCUT2D eigenvalue weighted by Crippen LogP contribution is 2.21. The maximum absolute atomic E-state index is 11.8. The summed E-state index contributed by atoms with van der Waals surface area (Å²) in [5.41, 5.74) is 3.97. The lowest BCUT2D eigenvalue weighted by Gasteiger charge is -2.12. The number of hydrogen-bond acceptors (Lipinski definition) is 3. The lowest BCUT2D eigenvalue weighted by molar-refractivity contribution is 0.0848. The van der Waals surface area contributed by atoms with Gasteiger partial charge in [-0.05, 0) is 48.7 Å². The van der Waals surface area contributed by atoms with Gasteiger partial charge in [-0.3, -0.25) is 4.79 Å². The van der Waals surface area contributed by atoms with E-state index in [1.807, 2.05) is 31.2 Å². The Morgan fingerprint density at radius 1 is 1.05 bits per heavy atom. The Labute approximate surface area is 125 Å². The second-order valence-corrected chi connectivity index (χ2v) is 5.05. The van der Waals surface area contributed by atoms with Crippen LogP contribution in [0.2, 0.25) is 0 Å². The Morgan fingerprint density at radius 3 is 2.48 bits per heavy atom. The fourth-order valence-corrected chi connectivity index (χ4v) is 2.13. The van der Waals surface area contributed by atoms with Crippen LogP contribution in [-0.2, 0) is 11.3 Å². The SMILES string of the molecule is COCC(=O)c1ccc(OCc2ccccc2C)c(C)c1. The van der Waals surface area contributed by atoms with Crippen LogP contribution in [0.15, 0.2) is 42.5 Å². The number of methoxy groups -OCH3 is 1. The van der Waals surface area contributed by atoms with E-state index in [1.54, 1.807) is 6.07 Å². The maximum Gasteiger partial charge on any atom is 0.188 e. The Hall–Kier alpha value is -2.13. The summed E-state index contributed by atoms with van der Waals surface area (Å²) in [7, 11) is 1.52. The predicted molar refractivity (Wildman–Crippen MR) is 82.9 cm³/mol. The molecule has 0 aliphatic heterocycles. The topological polar surface area (TPSA) is 35.5 Å². The molecule has 2 aromatic carbocycles. The van der Waals surface area contributed by atoms with Crippen molar-refractivity contribution in [3.63, 3.8) is 0 Å². The van der Waals surface area contributed by atoms with E-state index >= 15 is 0 Å². The normalized spacial score (nSPS) is 10.4. The van der Waals surface area contributed by atoms with E-state index < -0.39 is 0 Å². The van der Waals surface area contributed by atoms with Crippen LogP contribution >= 0.6 is 0 Å². The average Bonchev–Trinajstić information content (AvgIpc) is 2.47. The van der Waals surface area contributed by atoms with Crippen LogP contribution < -0.4 is 4.74 Å². The third-order valence-electron chi connectivity index (χ3n) is 3.42. The second-order valence-electron chi connectivity index (χ2n) is 5.05. The molecular weight excluding hydrogens is 264 g/mol. The Morgan fingerprint density at radius 2 is 1.81 bits per heavy atom. The van der Waals surface area contributed by atoms with Crippen LogP contribution in [0.25, 0.3) is 0 Å². The molecule has 0 aliphatic carbocycles. The van der Waals surface area contributed by atoms with Gasteiger partial charge in [-0.1, -0.05) is 24.3 Å². The number of ether oxygens (including phenoxy) is 2. The molecule has 2 rings (SSSR count). The zero-order chi connectivity index (χ0) is 15.2. The first-order chi connectivity index (χ1) is 10.1. The van der Waals surface area contributed by atoms with Crippen LogP contribution in [0, 0.1) is 13.8 Å². The van der Waals surface area contributed by atoms with Crippen molar-refractivity contribution in [3.8, 4) is 5.75 Å². The van der Waals surface area contributed by atoms with Gasteiger partial charge < -0.3 is 9.47 Å². The molecule has 2 aromatic rings. The molecule has 0 unspecified atom stereocenters. The average molecular weight is 284 g/mol. The van der Waals surface area contributed by atoms with Gasteiger partial charge in [0, 0.05) is 12.7 Å². The minimum atomic E-state index is -0.0222. The van der Waals surface area contributed by atoms with Gasteiger partial charge in [-0.2, -0.15) is 0 Å². The van der Waals surface area contributed by atoms with E-state index in [0.717, 1.165) is 16.9 Å². The predicted octanol–water partition coefficient (Wildman–Crippen LogP) is 3.71. The largest absolute Gasteiger partial charge is 0.489 e. The van der Waals surface area contributed by atoms with Gasteiger partial charge in [-0.25, -0.2) is 0 Å². The molecule has 0 heterocycles. The number of aryl methyl sites for hydroxylation is 2. The fraction of sp³-hybridized carbons (Fsp3) is 0.278. The van der Waals surface area contributed by atoms with Crippen molar-refractivity contribution in [3.05, 3.63) is 64.7 Å². The first-order valence-corrected chi connectivity index (χ1v) is 6.92. The van der Waals surface area contributed by atoms with Crippen LogP contribution in [0.1, 0.15) is 27.0 Å². The van der Waals surface area contributed by atoms with Crippen LogP contribution in [-0.4, -0.2) is 19.5 Å². The van der Waals surface area contributed by atoms with E-state index in [4.69, 9.17) is 9.47 Å². The third kappa shape index (κ3) is 3.92. The smallest absolute Gasteiger partial charge is 0.188 e. The first kappa shape index (κ1) is 15.3. The van der Waals surface area contributed by atoms with E-state index in [-0.39, 0.29) is 12.4 Å². The van der Waals surface area contributed by atoms with Gasteiger partial charge in [0.05, 0.1) is 0 Å². The summed E-state index contributed by atoms with van der Waals surface area (Å²) in [6.07, 6.45) is 0. The quantitative estimate of drug-likeness (QED) is 0.759. The van der Waals surface area contributed by atoms with E-state index in [9.17, 15) is 4.79 Å². The number of rotatable bonds is 6. The summed E-state index contributed by atoms with van der Waals surface area (Å²) >= 11 is 0. The van der Waals surface area contributed by atoms with Crippen molar-refractivity contribution >= 4 is 5.78 Å². The number of hydrogen-bond donors (Lipinski definition) is 0. The lowest BCUT2D eigenvalue weighted by Crippen LogP contribution is -2.07. The molecule has 3 heteroatoms. The molecule has 0 saturated carbocycles. The standard InChI is InChI=1S/C18H20O3/c1-13-6-4-5-7-16(13)11-21-18-9-8-15(10-14(18)2)17(19)12-20-3/h4-10H,11-12H2,1-3H3. The van der Waals surface area contributed by atoms with Crippen molar-refractivity contribution in [2.45, 2.75) is 20.5 Å². The fourth-order valence-electron chi connectivity index (χ4n) is 2.13. The van der Waals surface area contributed by atoms with Gasteiger partial charge >= 0.3 is 0 Å². The molecule has 0 fully saturated rings. The Kier molecular flexibility index (Phi) is 5.12. The summed E-state index contributed by atoms with van der Waals surface area (Å²) in [6.45, 7) is 4.64. The van der Waals surface area contributed by atoms with Crippen molar-refractivity contribution in [1.29, 1.82) is 0 Å². The number of carbonyl (C=O) groups excluding carboxylic acids is 1. The zero-order valence-corrected chi connectivity index (χ0v) is 12.7. The second kappa shape index (κ2) is 7.04. The van der Waals surface area contributed by atoms with Crippen molar-refractivity contribution in [2.75, 3.05) is 13.7 Å². The van der Waals surface area contributed by atoms with Crippen molar-refractivity contribution in [1.82, 2.24) is 0 Å². The molecule has 0 aromatic heterocycles. The van der Waals surface area contributed by atoms with Gasteiger partial charge in [-0.15, -0.1) is 0 Å². The molecule has 0 saturated heterocycles. The van der Waals surface area contributed by atoms with Crippen LogP contribution in [0.5, 0.6) is 5.75 Å². The summed E-state index contributed by atoms with van der Waals surface area (Å²) in [6, 6.07) is 13.6. The summed E-state index contributed by atoms with van der Waals surface area (Å²) in [4.78, 5) is 11.8. The highest BCUT2D eigenvalue weighted by atomic mass is 16.5. The van der Waals surface area contributed by atoms with Gasteiger partial charge in [0.15, 0.2) is 5.78 Å². The molecule has 21 heavy (non-hydrogen) atoms. The maximum atomic E-state index is 11.8. The van der Waals surface area contributed by atoms with Crippen molar-refractivity contribution in [2.24, 2.45) is 0 Å². The van der Waals surface area contributed by atoms with Gasteiger partial charge in [0.1, 0.15) is 19.0 Å². The molecule has 0 bridgehead atoms. The minimum Gasteiger partial charge on any atom is -0.489 e. The zero-order valence-electron chi connectivity index (χ0n) is 12.7. The molecule has 0 N–H and O–H groups in total. The summed E-state index contributed by atoms with van der Waals surface area (Å²) in [5.74, 6) is 0.776.